The van der Waals surface area contributed by atoms with Crippen LogP contribution in [0.5, 0.6) is 0 Å². The maximum atomic E-state index is 5.62. The van der Waals surface area contributed by atoms with E-state index in [0.717, 1.165) is 19.4 Å². The molecule has 0 bridgehead atoms. The van der Waals surface area contributed by atoms with E-state index in [1.807, 2.05) is 0 Å². The van der Waals surface area contributed by atoms with Gasteiger partial charge in [-0.25, -0.2) is 0 Å². The summed E-state index contributed by atoms with van der Waals surface area (Å²) in [6.45, 7) is 7.28. The molecule has 1 aliphatic heterocycles. The maximum Gasteiger partial charge on any atom is 0.157 e. The Kier molecular flexibility index (Phi) is 3.34. The molecule has 66 valence electrons. The van der Waals surface area contributed by atoms with Crippen LogP contribution in [0.1, 0.15) is 33.6 Å². The SMILES string of the molecule is CCC[C@@H]1OC[C@H](C)[C@H](C)O1. The van der Waals surface area contributed by atoms with E-state index in [1.54, 1.807) is 0 Å². The van der Waals surface area contributed by atoms with Gasteiger partial charge in [0.25, 0.3) is 0 Å². The molecule has 0 aliphatic carbocycles. The third kappa shape index (κ3) is 2.46. The van der Waals surface area contributed by atoms with Crippen molar-refractivity contribution in [1.82, 2.24) is 0 Å². The Hall–Kier alpha value is -0.0800. The first kappa shape index (κ1) is 9.01. The highest BCUT2D eigenvalue weighted by Crippen LogP contribution is 2.20. The van der Waals surface area contributed by atoms with Gasteiger partial charge in [-0.1, -0.05) is 20.3 Å². The average molecular weight is 158 g/mol. The van der Waals surface area contributed by atoms with E-state index in [1.165, 1.54) is 0 Å². The van der Waals surface area contributed by atoms with Crippen LogP contribution >= 0.6 is 0 Å². The van der Waals surface area contributed by atoms with Gasteiger partial charge < -0.3 is 9.47 Å². The first-order valence-corrected chi connectivity index (χ1v) is 4.51. The monoisotopic (exact) mass is 158 g/mol. The van der Waals surface area contributed by atoms with E-state index >= 15 is 0 Å². The summed E-state index contributed by atoms with van der Waals surface area (Å²) in [7, 11) is 0. The Morgan fingerprint density at radius 2 is 2.09 bits per heavy atom. The summed E-state index contributed by atoms with van der Waals surface area (Å²) in [4.78, 5) is 0. The minimum Gasteiger partial charge on any atom is -0.352 e. The van der Waals surface area contributed by atoms with E-state index in [2.05, 4.69) is 20.8 Å². The van der Waals surface area contributed by atoms with Crippen LogP contribution < -0.4 is 0 Å². The van der Waals surface area contributed by atoms with Crippen molar-refractivity contribution in [2.75, 3.05) is 6.61 Å². The van der Waals surface area contributed by atoms with Crippen LogP contribution in [0.4, 0.5) is 0 Å². The van der Waals surface area contributed by atoms with Crippen LogP contribution in [0.25, 0.3) is 0 Å². The van der Waals surface area contributed by atoms with Gasteiger partial charge in [-0.2, -0.15) is 0 Å². The predicted octanol–water partition coefficient (Wildman–Crippen LogP) is 2.18. The third-order valence-electron chi connectivity index (χ3n) is 2.24. The molecule has 2 nitrogen and oxygen atoms in total. The quantitative estimate of drug-likeness (QED) is 0.613. The Labute approximate surface area is 68.9 Å². The Balaban J connectivity index is 2.28. The summed E-state index contributed by atoms with van der Waals surface area (Å²) in [5, 5.41) is 0. The number of hydrogen-bond donors (Lipinski definition) is 0. The summed E-state index contributed by atoms with van der Waals surface area (Å²) < 4.78 is 11.1. The second kappa shape index (κ2) is 4.07. The predicted molar refractivity (Wildman–Crippen MR) is 44.4 cm³/mol. The molecular weight excluding hydrogens is 140 g/mol. The summed E-state index contributed by atoms with van der Waals surface area (Å²) in [6.07, 6.45) is 2.58. The van der Waals surface area contributed by atoms with E-state index < -0.39 is 0 Å². The van der Waals surface area contributed by atoms with Crippen molar-refractivity contribution in [3.63, 3.8) is 0 Å². The van der Waals surface area contributed by atoms with Crippen molar-refractivity contribution in [3.05, 3.63) is 0 Å². The second-order valence-electron chi connectivity index (χ2n) is 3.37. The lowest BCUT2D eigenvalue weighted by Crippen LogP contribution is -2.36. The topological polar surface area (TPSA) is 18.5 Å². The lowest BCUT2D eigenvalue weighted by molar-refractivity contribution is -0.230. The van der Waals surface area contributed by atoms with Crippen molar-refractivity contribution in [1.29, 1.82) is 0 Å². The summed E-state index contributed by atoms with van der Waals surface area (Å²) in [6, 6.07) is 0. The average Bonchev–Trinajstić information content (AvgIpc) is 1.98. The molecule has 0 aromatic carbocycles. The fourth-order valence-electron chi connectivity index (χ4n) is 1.19. The standard InChI is InChI=1S/C9H18O2/c1-4-5-9-10-6-7(2)8(3)11-9/h7-9H,4-6H2,1-3H3/t7-,8-,9+/m0/s1. The largest absolute Gasteiger partial charge is 0.352 e. The van der Waals surface area contributed by atoms with Gasteiger partial charge in [-0.15, -0.1) is 0 Å². The van der Waals surface area contributed by atoms with Crippen LogP contribution in [0.15, 0.2) is 0 Å². The Morgan fingerprint density at radius 3 is 2.64 bits per heavy atom. The van der Waals surface area contributed by atoms with Crippen molar-refractivity contribution in [2.24, 2.45) is 5.92 Å². The van der Waals surface area contributed by atoms with E-state index in [-0.39, 0.29) is 6.29 Å². The minimum atomic E-state index is 0.0613. The van der Waals surface area contributed by atoms with Crippen molar-refractivity contribution in [2.45, 2.75) is 46.0 Å². The van der Waals surface area contributed by atoms with Crippen LogP contribution in [0.3, 0.4) is 0 Å². The van der Waals surface area contributed by atoms with Gasteiger partial charge in [0.05, 0.1) is 12.7 Å². The highest BCUT2D eigenvalue weighted by Gasteiger charge is 2.24. The lowest BCUT2D eigenvalue weighted by Gasteiger charge is -2.32. The van der Waals surface area contributed by atoms with Crippen molar-refractivity contribution < 1.29 is 9.47 Å². The number of ether oxygens (including phenoxy) is 2. The van der Waals surface area contributed by atoms with Gasteiger partial charge in [0.1, 0.15) is 0 Å². The van der Waals surface area contributed by atoms with Crippen molar-refractivity contribution >= 4 is 0 Å². The molecule has 1 fully saturated rings. The Morgan fingerprint density at radius 1 is 1.36 bits per heavy atom. The van der Waals surface area contributed by atoms with Crippen LogP contribution in [0.2, 0.25) is 0 Å². The van der Waals surface area contributed by atoms with Gasteiger partial charge in [0.2, 0.25) is 0 Å². The molecule has 11 heavy (non-hydrogen) atoms. The summed E-state index contributed by atoms with van der Waals surface area (Å²) >= 11 is 0. The fourth-order valence-corrected chi connectivity index (χ4v) is 1.19. The summed E-state index contributed by atoms with van der Waals surface area (Å²) in [5.41, 5.74) is 0. The molecule has 0 aromatic heterocycles. The normalized spacial score (nSPS) is 39.0. The second-order valence-corrected chi connectivity index (χ2v) is 3.37. The van der Waals surface area contributed by atoms with Crippen LogP contribution in [-0.2, 0) is 9.47 Å². The molecule has 0 amide bonds. The molecule has 3 atom stereocenters. The number of rotatable bonds is 2. The first-order chi connectivity index (χ1) is 5.24. The van der Waals surface area contributed by atoms with E-state index in [0.29, 0.717) is 12.0 Å². The zero-order valence-electron chi connectivity index (χ0n) is 7.67. The molecule has 0 spiro atoms. The maximum absolute atomic E-state index is 5.62. The molecule has 1 rings (SSSR count). The van der Waals surface area contributed by atoms with Gasteiger partial charge in [-0.05, 0) is 13.3 Å². The van der Waals surface area contributed by atoms with E-state index in [9.17, 15) is 0 Å². The minimum absolute atomic E-state index is 0.0613. The molecule has 2 heteroatoms. The number of hydrogen-bond acceptors (Lipinski definition) is 2. The van der Waals surface area contributed by atoms with E-state index in [4.69, 9.17) is 9.47 Å². The smallest absolute Gasteiger partial charge is 0.157 e. The first-order valence-electron chi connectivity index (χ1n) is 4.51. The molecule has 0 radical (unpaired) electrons. The fraction of sp³-hybridized carbons (Fsp3) is 1.00. The molecule has 1 heterocycles. The molecule has 1 saturated heterocycles. The third-order valence-corrected chi connectivity index (χ3v) is 2.24. The molecule has 0 saturated carbocycles. The zero-order chi connectivity index (χ0) is 8.27. The molecule has 0 unspecified atom stereocenters. The molecular formula is C9H18O2. The lowest BCUT2D eigenvalue weighted by atomic mass is 10.1. The highest BCUT2D eigenvalue weighted by molar-refractivity contribution is 4.66. The van der Waals surface area contributed by atoms with Crippen LogP contribution in [0, 0.1) is 5.92 Å². The summed E-state index contributed by atoms with van der Waals surface area (Å²) in [5.74, 6) is 0.545. The molecule has 1 aliphatic rings. The van der Waals surface area contributed by atoms with Gasteiger partial charge in [-0.3, -0.25) is 0 Å². The van der Waals surface area contributed by atoms with Crippen molar-refractivity contribution in [3.8, 4) is 0 Å². The Bertz CT molecular complexity index is 114. The molecule has 0 aromatic rings. The van der Waals surface area contributed by atoms with Crippen LogP contribution in [-0.4, -0.2) is 19.0 Å². The molecule has 0 N–H and O–H groups in total. The van der Waals surface area contributed by atoms with Gasteiger partial charge in [0.15, 0.2) is 6.29 Å². The van der Waals surface area contributed by atoms with Gasteiger partial charge in [0, 0.05) is 5.92 Å². The van der Waals surface area contributed by atoms with Gasteiger partial charge >= 0.3 is 0 Å². The zero-order valence-corrected chi connectivity index (χ0v) is 7.67. The highest BCUT2D eigenvalue weighted by atomic mass is 16.7.